The SMILES string of the molecule is Cc1ccc(C(=O)N2CCS(=O)(=O)CC2)c(Br)c1. The van der Waals surface area contributed by atoms with Crippen molar-refractivity contribution in [1.82, 2.24) is 4.90 Å². The Labute approximate surface area is 115 Å². The number of amides is 1. The van der Waals surface area contributed by atoms with Gasteiger partial charge in [0.1, 0.15) is 0 Å². The molecule has 4 nitrogen and oxygen atoms in total. The molecule has 0 radical (unpaired) electrons. The number of nitrogens with zero attached hydrogens (tertiary/aromatic N) is 1. The van der Waals surface area contributed by atoms with Crippen molar-refractivity contribution in [2.45, 2.75) is 6.92 Å². The topological polar surface area (TPSA) is 54.5 Å². The molecule has 0 saturated carbocycles. The molecule has 0 spiro atoms. The van der Waals surface area contributed by atoms with Crippen LogP contribution in [0.3, 0.4) is 0 Å². The molecule has 1 aliphatic heterocycles. The highest BCUT2D eigenvalue weighted by Gasteiger charge is 2.26. The van der Waals surface area contributed by atoms with Crippen molar-refractivity contribution in [3.63, 3.8) is 0 Å². The van der Waals surface area contributed by atoms with Crippen LogP contribution < -0.4 is 0 Å². The maximum atomic E-state index is 12.2. The summed E-state index contributed by atoms with van der Waals surface area (Å²) in [5.74, 6) is 0.00142. The van der Waals surface area contributed by atoms with Crippen LogP contribution in [-0.2, 0) is 9.84 Å². The molecule has 1 aromatic rings. The molecule has 1 aromatic carbocycles. The van der Waals surface area contributed by atoms with Crippen LogP contribution in [0.15, 0.2) is 22.7 Å². The van der Waals surface area contributed by atoms with E-state index in [1.54, 1.807) is 11.0 Å². The molecular weight excluding hydrogens is 318 g/mol. The van der Waals surface area contributed by atoms with E-state index in [-0.39, 0.29) is 30.5 Å². The Hall–Kier alpha value is -0.880. The molecule has 1 heterocycles. The Bertz CT molecular complexity index is 569. The second-order valence-corrected chi connectivity index (χ2v) is 7.59. The van der Waals surface area contributed by atoms with Crippen LogP contribution in [0.5, 0.6) is 0 Å². The molecule has 18 heavy (non-hydrogen) atoms. The van der Waals surface area contributed by atoms with Crippen molar-refractivity contribution in [3.8, 4) is 0 Å². The standard InChI is InChI=1S/C12H14BrNO3S/c1-9-2-3-10(11(13)8-9)12(15)14-4-6-18(16,17)7-5-14/h2-3,8H,4-7H2,1H3. The third-order valence-corrected chi connectivity index (χ3v) is 5.25. The lowest BCUT2D eigenvalue weighted by molar-refractivity contribution is 0.0769. The van der Waals surface area contributed by atoms with Crippen molar-refractivity contribution >= 4 is 31.7 Å². The molecular formula is C12H14BrNO3S. The summed E-state index contributed by atoms with van der Waals surface area (Å²) in [7, 11) is -2.95. The Morgan fingerprint density at radius 2 is 1.89 bits per heavy atom. The highest BCUT2D eigenvalue weighted by Crippen LogP contribution is 2.21. The van der Waals surface area contributed by atoms with Gasteiger partial charge >= 0.3 is 0 Å². The summed E-state index contributed by atoms with van der Waals surface area (Å²) in [6, 6.07) is 5.53. The highest BCUT2D eigenvalue weighted by atomic mass is 79.9. The van der Waals surface area contributed by atoms with E-state index in [4.69, 9.17) is 0 Å². The van der Waals surface area contributed by atoms with Crippen LogP contribution in [0, 0.1) is 6.92 Å². The van der Waals surface area contributed by atoms with Gasteiger partial charge in [-0.2, -0.15) is 0 Å². The quantitative estimate of drug-likeness (QED) is 0.785. The first kappa shape index (κ1) is 13.5. The largest absolute Gasteiger partial charge is 0.337 e. The van der Waals surface area contributed by atoms with E-state index in [2.05, 4.69) is 15.9 Å². The van der Waals surface area contributed by atoms with Crippen LogP contribution >= 0.6 is 15.9 Å². The van der Waals surface area contributed by atoms with E-state index in [9.17, 15) is 13.2 Å². The fraction of sp³-hybridized carbons (Fsp3) is 0.417. The molecule has 1 aliphatic rings. The minimum atomic E-state index is -2.95. The predicted molar refractivity (Wildman–Crippen MR) is 73.4 cm³/mol. The lowest BCUT2D eigenvalue weighted by atomic mass is 10.1. The van der Waals surface area contributed by atoms with Crippen molar-refractivity contribution in [1.29, 1.82) is 0 Å². The second kappa shape index (κ2) is 5.01. The number of carbonyl (C=O) groups excluding carboxylic acids is 1. The van der Waals surface area contributed by atoms with Gasteiger partial charge in [-0.15, -0.1) is 0 Å². The minimum absolute atomic E-state index is 0.0578. The number of sulfone groups is 1. The molecule has 1 amide bonds. The number of carbonyl (C=O) groups is 1. The van der Waals surface area contributed by atoms with Gasteiger partial charge in [-0.05, 0) is 40.5 Å². The first-order chi connectivity index (χ1) is 8.39. The number of halogens is 1. The molecule has 2 rings (SSSR count). The van der Waals surface area contributed by atoms with E-state index >= 15 is 0 Å². The summed E-state index contributed by atoms with van der Waals surface area (Å²) >= 11 is 3.37. The zero-order valence-electron chi connectivity index (χ0n) is 10.0. The summed E-state index contributed by atoms with van der Waals surface area (Å²) in [5.41, 5.74) is 1.65. The second-order valence-electron chi connectivity index (χ2n) is 4.43. The molecule has 1 saturated heterocycles. The predicted octanol–water partition coefficient (Wildman–Crippen LogP) is 1.63. The summed E-state index contributed by atoms with van der Waals surface area (Å²) in [6.45, 7) is 2.51. The molecule has 0 unspecified atom stereocenters. The molecule has 0 N–H and O–H groups in total. The van der Waals surface area contributed by atoms with Gasteiger partial charge in [0.05, 0.1) is 17.1 Å². The number of hydrogen-bond donors (Lipinski definition) is 0. The van der Waals surface area contributed by atoms with E-state index in [0.29, 0.717) is 5.56 Å². The Morgan fingerprint density at radius 1 is 1.28 bits per heavy atom. The number of hydrogen-bond acceptors (Lipinski definition) is 3. The van der Waals surface area contributed by atoms with Gasteiger partial charge in [0, 0.05) is 17.6 Å². The van der Waals surface area contributed by atoms with Gasteiger partial charge in [0.25, 0.3) is 5.91 Å². The smallest absolute Gasteiger partial charge is 0.255 e. The zero-order chi connectivity index (χ0) is 13.3. The first-order valence-corrected chi connectivity index (χ1v) is 8.26. The van der Waals surface area contributed by atoms with E-state index in [1.165, 1.54) is 0 Å². The van der Waals surface area contributed by atoms with Crippen LogP contribution in [0.25, 0.3) is 0 Å². The summed E-state index contributed by atoms with van der Waals surface area (Å²) in [5, 5.41) is 0. The molecule has 98 valence electrons. The van der Waals surface area contributed by atoms with Gasteiger partial charge < -0.3 is 4.90 Å². The third kappa shape index (κ3) is 2.92. The average Bonchev–Trinajstić information content (AvgIpc) is 2.28. The van der Waals surface area contributed by atoms with E-state index in [0.717, 1.165) is 10.0 Å². The molecule has 6 heteroatoms. The molecule has 0 aromatic heterocycles. The van der Waals surface area contributed by atoms with Gasteiger partial charge in [0.2, 0.25) is 0 Å². The number of rotatable bonds is 1. The van der Waals surface area contributed by atoms with Crippen LogP contribution in [0.4, 0.5) is 0 Å². The van der Waals surface area contributed by atoms with E-state index < -0.39 is 9.84 Å². The van der Waals surface area contributed by atoms with Crippen LogP contribution in [-0.4, -0.2) is 43.8 Å². The van der Waals surface area contributed by atoms with Crippen molar-refractivity contribution in [2.24, 2.45) is 0 Å². The third-order valence-electron chi connectivity index (χ3n) is 2.99. The van der Waals surface area contributed by atoms with Gasteiger partial charge in [-0.25, -0.2) is 8.42 Å². The van der Waals surface area contributed by atoms with Crippen molar-refractivity contribution < 1.29 is 13.2 Å². The first-order valence-electron chi connectivity index (χ1n) is 5.65. The van der Waals surface area contributed by atoms with Gasteiger partial charge in [-0.3, -0.25) is 4.79 Å². The zero-order valence-corrected chi connectivity index (χ0v) is 12.4. The Morgan fingerprint density at radius 3 is 2.44 bits per heavy atom. The Balaban J connectivity index is 2.17. The number of benzene rings is 1. The van der Waals surface area contributed by atoms with Gasteiger partial charge in [0.15, 0.2) is 9.84 Å². The molecule has 1 fully saturated rings. The monoisotopic (exact) mass is 331 g/mol. The maximum Gasteiger partial charge on any atom is 0.255 e. The number of aryl methyl sites for hydroxylation is 1. The highest BCUT2D eigenvalue weighted by molar-refractivity contribution is 9.10. The summed E-state index contributed by atoms with van der Waals surface area (Å²) in [6.07, 6.45) is 0. The van der Waals surface area contributed by atoms with Gasteiger partial charge in [-0.1, -0.05) is 6.07 Å². The van der Waals surface area contributed by atoms with Crippen LogP contribution in [0.2, 0.25) is 0 Å². The fourth-order valence-electron chi connectivity index (χ4n) is 1.88. The summed E-state index contributed by atoms with van der Waals surface area (Å²) in [4.78, 5) is 13.8. The molecule has 0 atom stereocenters. The van der Waals surface area contributed by atoms with E-state index in [1.807, 2.05) is 19.1 Å². The van der Waals surface area contributed by atoms with Crippen molar-refractivity contribution in [3.05, 3.63) is 33.8 Å². The fourth-order valence-corrected chi connectivity index (χ4v) is 3.74. The van der Waals surface area contributed by atoms with Crippen LogP contribution in [0.1, 0.15) is 15.9 Å². The average molecular weight is 332 g/mol. The maximum absolute atomic E-state index is 12.2. The normalized spacial score (nSPS) is 18.7. The van der Waals surface area contributed by atoms with Crippen molar-refractivity contribution in [2.75, 3.05) is 24.6 Å². The lowest BCUT2D eigenvalue weighted by Gasteiger charge is -2.27. The summed E-state index contributed by atoms with van der Waals surface area (Å²) < 4.78 is 23.4. The Kier molecular flexibility index (Phi) is 3.77. The molecule has 0 bridgehead atoms. The minimum Gasteiger partial charge on any atom is -0.337 e. The lowest BCUT2D eigenvalue weighted by Crippen LogP contribution is -2.43. The molecule has 0 aliphatic carbocycles.